The summed E-state index contributed by atoms with van der Waals surface area (Å²) in [7, 11) is -1.67. The van der Waals surface area contributed by atoms with Crippen molar-refractivity contribution in [3.63, 3.8) is 0 Å². The van der Waals surface area contributed by atoms with Crippen LogP contribution in [0.4, 0.5) is 0 Å². The molecule has 0 amide bonds. The van der Waals surface area contributed by atoms with E-state index in [0.717, 1.165) is 6.26 Å². The van der Waals surface area contributed by atoms with Crippen LogP contribution in [0, 0.1) is 6.92 Å². The number of aromatic hydroxyl groups is 1. The van der Waals surface area contributed by atoms with Gasteiger partial charge in [-0.05, 0) is 13.0 Å². The number of aryl methyl sites for hydroxylation is 1. The van der Waals surface area contributed by atoms with Crippen LogP contribution in [-0.4, -0.2) is 29.6 Å². The normalized spacial score (nSPS) is 11.7. The highest BCUT2D eigenvalue weighted by molar-refractivity contribution is 7.90. The lowest BCUT2D eigenvalue weighted by molar-refractivity contribution is 0.471. The van der Waals surface area contributed by atoms with Crippen LogP contribution in [0.15, 0.2) is 29.2 Å². The molecule has 0 spiro atoms. The maximum absolute atomic E-state index is 11.7. The summed E-state index contributed by atoms with van der Waals surface area (Å²) in [6.45, 7) is 1.72. The van der Waals surface area contributed by atoms with E-state index in [-0.39, 0.29) is 16.3 Å². The van der Waals surface area contributed by atoms with E-state index in [1.54, 1.807) is 32.2 Å². The number of hydrogen-bond acceptors (Lipinski definition) is 4. The monoisotopic (exact) mass is 266 g/mol. The van der Waals surface area contributed by atoms with Gasteiger partial charge < -0.3 is 5.11 Å². The van der Waals surface area contributed by atoms with Crippen LogP contribution in [0.3, 0.4) is 0 Å². The van der Waals surface area contributed by atoms with Crippen LogP contribution in [-0.2, 0) is 16.9 Å². The van der Waals surface area contributed by atoms with E-state index >= 15 is 0 Å². The zero-order chi connectivity index (χ0) is 13.5. The fourth-order valence-electron chi connectivity index (χ4n) is 1.76. The Labute approximate surface area is 106 Å². The molecular formula is C12H14N2O3S. The van der Waals surface area contributed by atoms with Gasteiger partial charge in [0, 0.05) is 18.9 Å². The van der Waals surface area contributed by atoms with E-state index < -0.39 is 9.84 Å². The molecule has 0 atom stereocenters. The van der Waals surface area contributed by atoms with E-state index in [1.165, 1.54) is 10.7 Å². The minimum Gasteiger partial charge on any atom is -0.504 e. The molecule has 2 rings (SSSR count). The summed E-state index contributed by atoms with van der Waals surface area (Å²) in [5.41, 5.74) is 1.30. The third-order valence-electron chi connectivity index (χ3n) is 2.84. The Kier molecular flexibility index (Phi) is 2.90. The minimum absolute atomic E-state index is 0.00796. The molecule has 0 saturated heterocycles. The second-order valence-corrected chi connectivity index (χ2v) is 6.16. The smallest absolute Gasteiger partial charge is 0.176 e. The van der Waals surface area contributed by atoms with Gasteiger partial charge in [0.25, 0.3) is 0 Å². The summed E-state index contributed by atoms with van der Waals surface area (Å²) in [5, 5.41) is 14.1. The molecular weight excluding hydrogens is 252 g/mol. The molecule has 0 aliphatic carbocycles. The number of benzene rings is 1. The lowest BCUT2D eigenvalue weighted by Crippen LogP contribution is -2.00. The second-order valence-electron chi connectivity index (χ2n) is 4.17. The molecule has 0 fully saturated rings. The number of aromatic nitrogens is 2. The Morgan fingerprint density at radius 3 is 2.39 bits per heavy atom. The number of sulfone groups is 1. The highest BCUT2D eigenvalue weighted by Gasteiger charge is 2.20. The van der Waals surface area contributed by atoms with Crippen molar-refractivity contribution in [3.8, 4) is 17.0 Å². The predicted octanol–water partition coefficient (Wildman–Crippen LogP) is 1.50. The van der Waals surface area contributed by atoms with E-state index in [2.05, 4.69) is 5.10 Å². The fraction of sp³-hybridized carbons (Fsp3) is 0.250. The predicted molar refractivity (Wildman–Crippen MR) is 68.2 cm³/mol. The van der Waals surface area contributed by atoms with Crippen molar-refractivity contribution >= 4 is 9.84 Å². The third kappa shape index (κ3) is 1.99. The van der Waals surface area contributed by atoms with Crippen molar-refractivity contribution in [2.24, 2.45) is 7.05 Å². The first kappa shape index (κ1) is 12.6. The molecule has 6 heteroatoms. The van der Waals surface area contributed by atoms with Crippen LogP contribution < -0.4 is 0 Å². The van der Waals surface area contributed by atoms with Gasteiger partial charge in [-0.3, -0.25) is 4.68 Å². The van der Waals surface area contributed by atoms with Crippen LogP contribution in [0.1, 0.15) is 5.69 Å². The maximum atomic E-state index is 11.7. The topological polar surface area (TPSA) is 72.2 Å². The summed E-state index contributed by atoms with van der Waals surface area (Å²) >= 11 is 0. The Morgan fingerprint density at radius 1 is 1.28 bits per heavy atom. The van der Waals surface area contributed by atoms with Crippen molar-refractivity contribution in [3.05, 3.63) is 30.0 Å². The van der Waals surface area contributed by atoms with Gasteiger partial charge in [-0.1, -0.05) is 18.2 Å². The van der Waals surface area contributed by atoms with Crippen LogP contribution in [0.5, 0.6) is 5.75 Å². The molecule has 1 heterocycles. The molecule has 5 nitrogen and oxygen atoms in total. The van der Waals surface area contributed by atoms with Crippen molar-refractivity contribution in [2.75, 3.05) is 6.26 Å². The van der Waals surface area contributed by atoms with E-state index in [1.807, 2.05) is 0 Å². The lowest BCUT2D eigenvalue weighted by Gasteiger charge is -2.05. The first-order valence-corrected chi connectivity index (χ1v) is 7.23. The van der Waals surface area contributed by atoms with Gasteiger partial charge in [0.05, 0.1) is 10.6 Å². The van der Waals surface area contributed by atoms with Gasteiger partial charge >= 0.3 is 0 Å². The number of rotatable bonds is 2. The Bertz CT molecular complexity index is 702. The molecule has 1 aromatic carbocycles. The minimum atomic E-state index is -3.36. The first-order valence-electron chi connectivity index (χ1n) is 5.34. The van der Waals surface area contributed by atoms with Crippen molar-refractivity contribution in [1.29, 1.82) is 0 Å². The highest BCUT2D eigenvalue weighted by Crippen LogP contribution is 2.34. The molecule has 0 saturated carbocycles. The molecule has 0 unspecified atom stereocenters. The van der Waals surface area contributed by atoms with E-state index in [0.29, 0.717) is 11.3 Å². The van der Waals surface area contributed by atoms with Gasteiger partial charge in [-0.25, -0.2) is 8.42 Å². The summed E-state index contributed by atoms with van der Waals surface area (Å²) < 4.78 is 24.9. The number of nitrogens with zero attached hydrogens (tertiary/aromatic N) is 2. The average molecular weight is 266 g/mol. The third-order valence-corrected chi connectivity index (χ3v) is 4.00. The molecule has 96 valence electrons. The first-order chi connectivity index (χ1) is 8.32. The van der Waals surface area contributed by atoms with Crippen LogP contribution >= 0.6 is 0 Å². The largest absolute Gasteiger partial charge is 0.504 e. The summed E-state index contributed by atoms with van der Waals surface area (Å²) in [6.07, 6.45) is 1.14. The van der Waals surface area contributed by atoms with Gasteiger partial charge in [0.2, 0.25) is 0 Å². The van der Waals surface area contributed by atoms with Crippen LogP contribution in [0.2, 0.25) is 0 Å². The van der Waals surface area contributed by atoms with Gasteiger partial charge in [-0.15, -0.1) is 0 Å². The zero-order valence-electron chi connectivity index (χ0n) is 10.4. The lowest BCUT2D eigenvalue weighted by atomic mass is 10.1. The summed E-state index contributed by atoms with van der Waals surface area (Å²) in [4.78, 5) is 0.165. The van der Waals surface area contributed by atoms with Gasteiger partial charge in [-0.2, -0.15) is 5.10 Å². The Morgan fingerprint density at radius 2 is 1.89 bits per heavy atom. The standard InChI is InChI=1S/C12H14N2O3S/c1-8-12(15)11(13-14(8)2)9-6-4-5-7-10(9)18(3,16)17/h4-7,15H,1-3H3. The summed E-state index contributed by atoms with van der Waals surface area (Å²) in [5.74, 6) is 0.00796. The molecule has 0 radical (unpaired) electrons. The van der Waals surface area contributed by atoms with Crippen LogP contribution in [0.25, 0.3) is 11.3 Å². The van der Waals surface area contributed by atoms with Gasteiger partial charge in [0.15, 0.2) is 15.6 Å². The molecule has 1 aromatic heterocycles. The van der Waals surface area contributed by atoms with Crippen molar-refractivity contribution < 1.29 is 13.5 Å². The van der Waals surface area contributed by atoms with E-state index in [9.17, 15) is 13.5 Å². The fourth-order valence-corrected chi connectivity index (χ4v) is 2.65. The Hall–Kier alpha value is -1.82. The molecule has 18 heavy (non-hydrogen) atoms. The Balaban J connectivity index is 2.76. The SMILES string of the molecule is Cc1c(O)c(-c2ccccc2S(C)(=O)=O)nn1C. The van der Waals surface area contributed by atoms with Gasteiger partial charge in [0.1, 0.15) is 5.69 Å². The van der Waals surface area contributed by atoms with Crippen molar-refractivity contribution in [1.82, 2.24) is 9.78 Å². The van der Waals surface area contributed by atoms with E-state index in [4.69, 9.17) is 0 Å². The second kappa shape index (κ2) is 4.13. The highest BCUT2D eigenvalue weighted by atomic mass is 32.2. The molecule has 0 bridgehead atoms. The molecule has 2 aromatic rings. The zero-order valence-corrected chi connectivity index (χ0v) is 11.2. The maximum Gasteiger partial charge on any atom is 0.176 e. The summed E-state index contributed by atoms with van der Waals surface area (Å²) in [6, 6.07) is 6.51. The average Bonchev–Trinajstić information content (AvgIpc) is 2.56. The molecule has 0 aliphatic rings. The molecule has 1 N–H and O–H groups in total. The quantitative estimate of drug-likeness (QED) is 0.894. The van der Waals surface area contributed by atoms with Crippen molar-refractivity contribution in [2.45, 2.75) is 11.8 Å². The number of hydrogen-bond donors (Lipinski definition) is 1. The molecule has 0 aliphatic heterocycles.